The van der Waals surface area contributed by atoms with Gasteiger partial charge >= 0.3 is 6.09 Å². The van der Waals surface area contributed by atoms with Gasteiger partial charge in [0.2, 0.25) is 0 Å². The fourth-order valence-corrected chi connectivity index (χ4v) is 1.37. The summed E-state index contributed by atoms with van der Waals surface area (Å²) in [5, 5.41) is 10.7. The van der Waals surface area contributed by atoms with Crippen molar-refractivity contribution >= 4 is 22.0 Å². The van der Waals surface area contributed by atoms with E-state index in [2.05, 4.69) is 21.2 Å². The van der Waals surface area contributed by atoms with Gasteiger partial charge in [0.25, 0.3) is 0 Å². The summed E-state index contributed by atoms with van der Waals surface area (Å²) in [6.45, 7) is 0.257. The zero-order chi connectivity index (χ0) is 10.6. The Morgan fingerprint density at radius 3 is 2.93 bits per heavy atom. The molecular formula is C9H10BrNO3. The number of benzene rings is 1. The third-order valence-corrected chi connectivity index (χ3v) is 2.46. The van der Waals surface area contributed by atoms with Gasteiger partial charge in [-0.1, -0.05) is 15.9 Å². The Balaban J connectivity index is 2.78. The van der Waals surface area contributed by atoms with Gasteiger partial charge in [0.15, 0.2) is 0 Å². The third-order valence-electron chi connectivity index (χ3n) is 1.68. The first-order valence-electron chi connectivity index (χ1n) is 3.92. The van der Waals surface area contributed by atoms with Gasteiger partial charge in [0.1, 0.15) is 5.75 Å². The highest BCUT2D eigenvalue weighted by molar-refractivity contribution is 9.10. The van der Waals surface area contributed by atoms with E-state index in [1.54, 1.807) is 19.2 Å². The third kappa shape index (κ3) is 2.92. The molecule has 14 heavy (non-hydrogen) atoms. The maximum atomic E-state index is 10.3. The van der Waals surface area contributed by atoms with Crippen molar-refractivity contribution in [1.82, 2.24) is 5.32 Å². The summed E-state index contributed by atoms with van der Waals surface area (Å²) < 4.78 is 5.87. The van der Waals surface area contributed by atoms with E-state index in [9.17, 15) is 4.79 Å². The molecule has 0 heterocycles. The molecule has 0 fully saturated rings. The lowest BCUT2D eigenvalue weighted by Gasteiger charge is -2.06. The van der Waals surface area contributed by atoms with Crippen LogP contribution in [0.2, 0.25) is 0 Å². The Hall–Kier alpha value is -1.23. The monoisotopic (exact) mass is 259 g/mol. The van der Waals surface area contributed by atoms with Gasteiger partial charge in [0.05, 0.1) is 7.11 Å². The number of hydrogen-bond acceptors (Lipinski definition) is 2. The summed E-state index contributed by atoms with van der Waals surface area (Å²) in [6, 6.07) is 5.39. The number of carbonyl (C=O) groups is 1. The molecule has 76 valence electrons. The van der Waals surface area contributed by atoms with E-state index in [-0.39, 0.29) is 6.54 Å². The van der Waals surface area contributed by atoms with Crippen molar-refractivity contribution in [3.05, 3.63) is 28.2 Å². The average Bonchev–Trinajstić information content (AvgIpc) is 2.16. The van der Waals surface area contributed by atoms with Crippen molar-refractivity contribution in [3.63, 3.8) is 0 Å². The van der Waals surface area contributed by atoms with Crippen molar-refractivity contribution in [1.29, 1.82) is 0 Å². The molecule has 1 aromatic carbocycles. The molecule has 0 radical (unpaired) electrons. The van der Waals surface area contributed by atoms with Crippen molar-refractivity contribution in [2.24, 2.45) is 0 Å². The number of methoxy groups -OCH3 is 1. The van der Waals surface area contributed by atoms with E-state index >= 15 is 0 Å². The van der Waals surface area contributed by atoms with Gasteiger partial charge in [-0.15, -0.1) is 0 Å². The van der Waals surface area contributed by atoms with Crippen LogP contribution >= 0.6 is 15.9 Å². The molecule has 0 spiro atoms. The van der Waals surface area contributed by atoms with E-state index in [4.69, 9.17) is 9.84 Å². The minimum Gasteiger partial charge on any atom is -0.497 e. The maximum absolute atomic E-state index is 10.3. The number of rotatable bonds is 3. The minimum atomic E-state index is -1.04. The molecule has 0 saturated heterocycles. The van der Waals surface area contributed by atoms with Crippen LogP contribution in [-0.2, 0) is 6.54 Å². The van der Waals surface area contributed by atoms with Crippen LogP contribution in [0, 0.1) is 0 Å². The zero-order valence-corrected chi connectivity index (χ0v) is 9.17. The van der Waals surface area contributed by atoms with Crippen LogP contribution in [0.15, 0.2) is 22.7 Å². The first-order chi connectivity index (χ1) is 6.63. The summed E-state index contributed by atoms with van der Waals surface area (Å²) >= 11 is 3.32. The predicted octanol–water partition coefficient (Wildman–Crippen LogP) is 2.23. The first kappa shape index (κ1) is 10.8. The Morgan fingerprint density at radius 2 is 2.36 bits per heavy atom. The normalized spacial score (nSPS) is 9.57. The van der Waals surface area contributed by atoms with E-state index in [1.807, 2.05) is 6.07 Å². The van der Waals surface area contributed by atoms with E-state index in [1.165, 1.54) is 0 Å². The molecule has 0 unspecified atom stereocenters. The van der Waals surface area contributed by atoms with Crippen molar-refractivity contribution in [2.75, 3.05) is 7.11 Å². The minimum absolute atomic E-state index is 0.257. The van der Waals surface area contributed by atoms with Crippen LogP contribution in [-0.4, -0.2) is 18.3 Å². The largest absolute Gasteiger partial charge is 0.497 e. The molecular weight excluding hydrogens is 250 g/mol. The number of nitrogens with one attached hydrogen (secondary N) is 1. The number of ether oxygens (including phenoxy) is 1. The molecule has 0 bridgehead atoms. The van der Waals surface area contributed by atoms with Gasteiger partial charge in [-0.05, 0) is 23.8 Å². The maximum Gasteiger partial charge on any atom is 0.404 e. The fourth-order valence-electron chi connectivity index (χ4n) is 0.984. The molecule has 1 amide bonds. The zero-order valence-electron chi connectivity index (χ0n) is 7.58. The van der Waals surface area contributed by atoms with Gasteiger partial charge < -0.3 is 15.2 Å². The predicted molar refractivity (Wildman–Crippen MR) is 55.6 cm³/mol. The van der Waals surface area contributed by atoms with Crippen molar-refractivity contribution in [2.45, 2.75) is 6.54 Å². The quantitative estimate of drug-likeness (QED) is 0.876. The van der Waals surface area contributed by atoms with Gasteiger partial charge in [-0.3, -0.25) is 0 Å². The van der Waals surface area contributed by atoms with E-state index < -0.39 is 6.09 Å². The standard InChI is InChI=1S/C9H10BrNO3/c1-14-7-2-3-8(10)6(4-7)5-11-9(12)13/h2-4,11H,5H2,1H3,(H,12,13). The summed E-state index contributed by atoms with van der Waals surface area (Å²) in [4.78, 5) is 10.3. The molecule has 2 N–H and O–H groups in total. The Bertz CT molecular complexity index is 341. The lowest BCUT2D eigenvalue weighted by Crippen LogP contribution is -2.20. The van der Waals surface area contributed by atoms with Crippen LogP contribution in [0.4, 0.5) is 4.79 Å². The van der Waals surface area contributed by atoms with Gasteiger partial charge in [-0.2, -0.15) is 0 Å². The van der Waals surface area contributed by atoms with Gasteiger partial charge in [0, 0.05) is 11.0 Å². The number of carboxylic acid groups (broad SMARTS) is 1. The first-order valence-corrected chi connectivity index (χ1v) is 4.72. The Kier molecular flexibility index (Phi) is 3.76. The molecule has 0 aliphatic rings. The molecule has 4 nitrogen and oxygen atoms in total. The highest BCUT2D eigenvalue weighted by Gasteiger charge is 2.03. The summed E-state index contributed by atoms with van der Waals surface area (Å²) in [6.07, 6.45) is -1.04. The lowest BCUT2D eigenvalue weighted by atomic mass is 10.2. The lowest BCUT2D eigenvalue weighted by molar-refractivity contribution is 0.194. The summed E-state index contributed by atoms with van der Waals surface area (Å²) in [7, 11) is 1.57. The molecule has 0 aromatic heterocycles. The SMILES string of the molecule is COc1ccc(Br)c(CNC(=O)O)c1. The van der Waals surface area contributed by atoms with Crippen LogP contribution < -0.4 is 10.1 Å². The molecule has 0 atom stereocenters. The molecule has 1 rings (SSSR count). The molecule has 0 aliphatic heterocycles. The fraction of sp³-hybridized carbons (Fsp3) is 0.222. The van der Waals surface area contributed by atoms with Crippen LogP contribution in [0.25, 0.3) is 0 Å². The molecule has 0 aliphatic carbocycles. The summed E-state index contributed by atoms with van der Waals surface area (Å²) in [5.74, 6) is 0.704. The van der Waals surface area contributed by atoms with Crippen molar-refractivity contribution in [3.8, 4) is 5.75 Å². The second-order valence-electron chi connectivity index (χ2n) is 2.62. The number of halogens is 1. The number of hydrogen-bond donors (Lipinski definition) is 2. The molecule has 0 saturated carbocycles. The second-order valence-corrected chi connectivity index (χ2v) is 3.47. The van der Waals surface area contributed by atoms with E-state index in [0.29, 0.717) is 5.75 Å². The Labute approximate surface area is 90.0 Å². The highest BCUT2D eigenvalue weighted by atomic mass is 79.9. The highest BCUT2D eigenvalue weighted by Crippen LogP contribution is 2.22. The topological polar surface area (TPSA) is 58.6 Å². The number of amides is 1. The van der Waals surface area contributed by atoms with Crippen LogP contribution in [0.1, 0.15) is 5.56 Å². The summed E-state index contributed by atoms with van der Waals surface area (Å²) in [5.41, 5.74) is 0.840. The van der Waals surface area contributed by atoms with Crippen molar-refractivity contribution < 1.29 is 14.6 Å². The van der Waals surface area contributed by atoms with E-state index in [0.717, 1.165) is 10.0 Å². The second kappa shape index (κ2) is 4.85. The average molecular weight is 260 g/mol. The molecule has 1 aromatic rings. The van der Waals surface area contributed by atoms with Crippen LogP contribution in [0.5, 0.6) is 5.75 Å². The Morgan fingerprint density at radius 1 is 1.64 bits per heavy atom. The molecule has 5 heteroatoms. The van der Waals surface area contributed by atoms with Crippen LogP contribution in [0.3, 0.4) is 0 Å². The smallest absolute Gasteiger partial charge is 0.404 e. The van der Waals surface area contributed by atoms with Gasteiger partial charge in [-0.25, -0.2) is 4.79 Å².